The van der Waals surface area contributed by atoms with Gasteiger partial charge in [0.25, 0.3) is 5.91 Å². The van der Waals surface area contributed by atoms with Gasteiger partial charge >= 0.3 is 0 Å². The summed E-state index contributed by atoms with van der Waals surface area (Å²) in [4.78, 5) is 14.7. The average molecular weight is 352 g/mol. The first-order chi connectivity index (χ1) is 11.7. The topological polar surface area (TPSA) is 53.3 Å². The fourth-order valence-corrected chi connectivity index (χ4v) is 3.49. The highest BCUT2D eigenvalue weighted by atomic mass is 32.2. The van der Waals surface area contributed by atoms with Crippen LogP contribution in [0.25, 0.3) is 6.08 Å². The number of amides is 1. The summed E-state index contributed by atoms with van der Waals surface area (Å²) in [5, 5.41) is 8.50. The van der Waals surface area contributed by atoms with E-state index in [0.29, 0.717) is 15.0 Å². The number of hydrogen-bond donors (Lipinski definition) is 0. The molecular weight excluding hydrogens is 340 g/mol. The lowest BCUT2D eigenvalue weighted by atomic mass is 10.2. The summed E-state index contributed by atoms with van der Waals surface area (Å²) in [7, 11) is 0. The second kappa shape index (κ2) is 7.30. The zero-order valence-electron chi connectivity index (χ0n) is 12.5. The summed E-state index contributed by atoms with van der Waals surface area (Å²) in [6.07, 6.45) is 1.80. The standard InChI is InChI=1S/C18H12N2O2S2/c19-10-11-22-15-8-6-13(7-9-15)12-16-17(21)20(18(23)24-16)14-4-2-1-3-5-14/h1-9,12H,11H2/b16-12-. The summed E-state index contributed by atoms with van der Waals surface area (Å²) in [5.74, 6) is 0.492. The normalized spacial score (nSPS) is 15.6. The van der Waals surface area contributed by atoms with E-state index in [0.717, 1.165) is 11.3 Å². The van der Waals surface area contributed by atoms with E-state index in [-0.39, 0.29) is 12.5 Å². The number of rotatable bonds is 4. The van der Waals surface area contributed by atoms with Crippen LogP contribution in [0.3, 0.4) is 0 Å². The summed E-state index contributed by atoms with van der Waals surface area (Å²) in [6.45, 7) is 0.00901. The van der Waals surface area contributed by atoms with Gasteiger partial charge in [-0.15, -0.1) is 0 Å². The number of hydrogen-bond acceptors (Lipinski definition) is 5. The quantitative estimate of drug-likeness (QED) is 0.615. The van der Waals surface area contributed by atoms with Crippen LogP contribution in [0.2, 0.25) is 0 Å². The monoisotopic (exact) mass is 352 g/mol. The Hall–Kier alpha value is -2.62. The molecule has 1 aliphatic rings. The van der Waals surface area contributed by atoms with Crippen LogP contribution in [0.5, 0.6) is 5.75 Å². The highest BCUT2D eigenvalue weighted by Gasteiger charge is 2.33. The SMILES string of the molecule is N#CCOc1ccc(/C=C2\SC(=S)N(c3ccccc3)C2=O)cc1. The van der Waals surface area contributed by atoms with Crippen molar-refractivity contribution < 1.29 is 9.53 Å². The van der Waals surface area contributed by atoms with Gasteiger partial charge < -0.3 is 4.74 Å². The molecule has 0 bridgehead atoms. The van der Waals surface area contributed by atoms with E-state index < -0.39 is 0 Å². The molecule has 1 fully saturated rings. The summed E-state index contributed by atoms with van der Waals surface area (Å²) >= 11 is 6.62. The van der Waals surface area contributed by atoms with Gasteiger partial charge in [0.1, 0.15) is 11.8 Å². The van der Waals surface area contributed by atoms with Gasteiger partial charge in [0, 0.05) is 0 Å². The number of thioether (sulfide) groups is 1. The van der Waals surface area contributed by atoms with E-state index in [2.05, 4.69) is 0 Å². The first-order valence-electron chi connectivity index (χ1n) is 7.12. The van der Waals surface area contributed by atoms with Gasteiger partial charge in [-0.1, -0.05) is 54.3 Å². The molecule has 118 valence electrons. The lowest BCUT2D eigenvalue weighted by Crippen LogP contribution is -2.27. The van der Waals surface area contributed by atoms with Crippen molar-refractivity contribution in [3.63, 3.8) is 0 Å². The fourth-order valence-electron chi connectivity index (χ4n) is 2.19. The van der Waals surface area contributed by atoms with Crippen molar-refractivity contribution in [3.05, 3.63) is 65.1 Å². The van der Waals surface area contributed by atoms with E-state index in [9.17, 15) is 4.79 Å². The number of carbonyl (C=O) groups excluding carboxylic acids is 1. The van der Waals surface area contributed by atoms with Gasteiger partial charge in [-0.3, -0.25) is 9.69 Å². The Bertz CT molecular complexity index is 840. The van der Waals surface area contributed by atoms with Gasteiger partial charge in [-0.2, -0.15) is 5.26 Å². The molecule has 0 radical (unpaired) electrons. The molecule has 24 heavy (non-hydrogen) atoms. The number of nitriles is 1. The Kier molecular flexibility index (Phi) is 4.94. The molecule has 0 spiro atoms. The molecule has 4 nitrogen and oxygen atoms in total. The fraction of sp³-hybridized carbons (Fsp3) is 0.0556. The van der Waals surface area contributed by atoms with Crippen LogP contribution in [0.15, 0.2) is 59.5 Å². The molecule has 6 heteroatoms. The van der Waals surface area contributed by atoms with Crippen LogP contribution in [0.4, 0.5) is 5.69 Å². The minimum atomic E-state index is -0.124. The molecule has 0 saturated carbocycles. The largest absolute Gasteiger partial charge is 0.479 e. The van der Waals surface area contributed by atoms with Crippen LogP contribution in [-0.2, 0) is 4.79 Å². The van der Waals surface area contributed by atoms with Crippen molar-refractivity contribution in [1.29, 1.82) is 5.26 Å². The van der Waals surface area contributed by atoms with E-state index in [1.807, 2.05) is 48.5 Å². The van der Waals surface area contributed by atoms with E-state index in [1.165, 1.54) is 16.7 Å². The lowest BCUT2D eigenvalue weighted by Gasteiger charge is -2.13. The third kappa shape index (κ3) is 3.48. The molecule has 1 amide bonds. The maximum absolute atomic E-state index is 12.6. The molecule has 1 aliphatic heterocycles. The van der Waals surface area contributed by atoms with E-state index >= 15 is 0 Å². The van der Waals surface area contributed by atoms with Crippen molar-refractivity contribution >= 4 is 46.0 Å². The summed E-state index contributed by atoms with van der Waals surface area (Å²) in [5.41, 5.74) is 1.64. The Morgan fingerprint density at radius 1 is 1.17 bits per heavy atom. The number of para-hydroxylation sites is 1. The van der Waals surface area contributed by atoms with Crippen molar-refractivity contribution in [2.75, 3.05) is 11.5 Å². The number of carbonyl (C=O) groups is 1. The van der Waals surface area contributed by atoms with Crippen LogP contribution < -0.4 is 9.64 Å². The Balaban J connectivity index is 1.80. The molecule has 1 saturated heterocycles. The van der Waals surface area contributed by atoms with Gasteiger partial charge in [0.05, 0.1) is 10.6 Å². The minimum absolute atomic E-state index is 0.00901. The molecule has 0 aromatic heterocycles. The predicted octanol–water partition coefficient (Wildman–Crippen LogP) is 3.99. The summed E-state index contributed by atoms with van der Waals surface area (Å²) < 4.78 is 5.73. The minimum Gasteiger partial charge on any atom is -0.479 e. The molecule has 0 aliphatic carbocycles. The third-order valence-electron chi connectivity index (χ3n) is 3.29. The van der Waals surface area contributed by atoms with Gasteiger partial charge in [-0.05, 0) is 35.9 Å². The molecule has 0 N–H and O–H groups in total. The molecule has 2 aromatic rings. The number of anilines is 1. The molecule has 2 aromatic carbocycles. The highest BCUT2D eigenvalue weighted by molar-refractivity contribution is 8.27. The second-order valence-electron chi connectivity index (χ2n) is 4.87. The van der Waals surface area contributed by atoms with Gasteiger partial charge in [0.15, 0.2) is 10.9 Å². The highest BCUT2D eigenvalue weighted by Crippen LogP contribution is 2.35. The van der Waals surface area contributed by atoms with Crippen molar-refractivity contribution in [2.45, 2.75) is 0 Å². The number of nitrogens with zero attached hydrogens (tertiary/aromatic N) is 2. The van der Waals surface area contributed by atoms with Crippen LogP contribution in [-0.4, -0.2) is 16.8 Å². The predicted molar refractivity (Wildman–Crippen MR) is 99.6 cm³/mol. The molecule has 0 unspecified atom stereocenters. The Morgan fingerprint density at radius 3 is 2.54 bits per heavy atom. The van der Waals surface area contributed by atoms with Gasteiger partial charge in [-0.25, -0.2) is 0 Å². The maximum Gasteiger partial charge on any atom is 0.270 e. The van der Waals surface area contributed by atoms with Crippen LogP contribution in [0, 0.1) is 11.3 Å². The van der Waals surface area contributed by atoms with E-state index in [4.69, 9.17) is 22.2 Å². The van der Waals surface area contributed by atoms with Crippen LogP contribution >= 0.6 is 24.0 Å². The Morgan fingerprint density at radius 2 is 1.88 bits per heavy atom. The van der Waals surface area contributed by atoms with Crippen molar-refractivity contribution in [1.82, 2.24) is 0 Å². The molecule has 3 rings (SSSR count). The lowest BCUT2D eigenvalue weighted by molar-refractivity contribution is -0.113. The second-order valence-corrected chi connectivity index (χ2v) is 6.54. The third-order valence-corrected chi connectivity index (χ3v) is 4.59. The Labute approximate surface area is 149 Å². The maximum atomic E-state index is 12.6. The van der Waals surface area contributed by atoms with Gasteiger partial charge in [0.2, 0.25) is 0 Å². The van der Waals surface area contributed by atoms with E-state index in [1.54, 1.807) is 18.2 Å². The number of benzene rings is 2. The zero-order valence-corrected chi connectivity index (χ0v) is 14.1. The number of thiocarbonyl (C=S) groups is 1. The first kappa shape index (κ1) is 16.2. The number of ether oxygens (including phenoxy) is 1. The average Bonchev–Trinajstić information content (AvgIpc) is 2.88. The van der Waals surface area contributed by atoms with Crippen molar-refractivity contribution in [3.8, 4) is 11.8 Å². The van der Waals surface area contributed by atoms with Crippen molar-refractivity contribution in [2.24, 2.45) is 0 Å². The first-order valence-corrected chi connectivity index (χ1v) is 8.34. The molecule has 1 heterocycles. The molecular formula is C18H12N2O2S2. The smallest absolute Gasteiger partial charge is 0.270 e. The summed E-state index contributed by atoms with van der Waals surface area (Å²) in [6, 6.07) is 18.5. The van der Waals surface area contributed by atoms with Crippen LogP contribution in [0.1, 0.15) is 5.56 Å². The zero-order chi connectivity index (χ0) is 16.9. The molecule has 0 atom stereocenters.